The van der Waals surface area contributed by atoms with Crippen LogP contribution >= 0.6 is 35.8 Å². The molecule has 134 valence electrons. The van der Waals surface area contributed by atoms with E-state index in [0.29, 0.717) is 6.04 Å². The van der Waals surface area contributed by atoms with Crippen LogP contribution in [0, 0.1) is 0 Å². The lowest BCUT2D eigenvalue weighted by molar-refractivity contribution is 0.526. The molecule has 0 fully saturated rings. The van der Waals surface area contributed by atoms with Gasteiger partial charge in [0.15, 0.2) is 0 Å². The Kier molecular flexibility index (Phi) is 6.66. The summed E-state index contributed by atoms with van der Waals surface area (Å²) < 4.78 is 0. The topological polar surface area (TPSA) is 12.0 Å². The molecule has 1 unspecified atom stereocenters. The van der Waals surface area contributed by atoms with Gasteiger partial charge in [-0.2, -0.15) is 0 Å². The maximum atomic E-state index is 6.24. The van der Waals surface area contributed by atoms with Crippen LogP contribution in [0.3, 0.4) is 0 Å². The van der Waals surface area contributed by atoms with Crippen LogP contribution in [-0.2, 0) is 12.8 Å². The van der Waals surface area contributed by atoms with E-state index in [0.717, 1.165) is 24.4 Å². The van der Waals surface area contributed by atoms with Crippen LogP contribution in [0.5, 0.6) is 0 Å². The van der Waals surface area contributed by atoms with Gasteiger partial charge in [0, 0.05) is 20.9 Å². The lowest BCUT2D eigenvalue weighted by Gasteiger charge is -2.19. The molecule has 0 bridgehead atoms. The zero-order chi connectivity index (χ0) is 17.1. The number of halogens is 2. The van der Waals surface area contributed by atoms with Gasteiger partial charge in [0.2, 0.25) is 0 Å². The smallest absolute Gasteiger partial charge is 0.0409 e. The molecule has 0 radical (unpaired) electrons. The Morgan fingerprint density at radius 3 is 2.54 bits per heavy atom. The number of nitrogens with one attached hydrogen (secondary N) is 1. The third-order valence-electron chi connectivity index (χ3n) is 4.61. The molecule has 0 amide bonds. The second-order valence-corrected chi connectivity index (χ2v) is 7.86. The molecular formula is C22H21Cl2NS. The van der Waals surface area contributed by atoms with E-state index >= 15 is 0 Å². The summed E-state index contributed by atoms with van der Waals surface area (Å²) in [6.07, 6.45) is 2.00. The second-order valence-electron chi connectivity index (χ2n) is 6.34. The Bertz CT molecular complexity index is 867. The minimum Gasteiger partial charge on any atom is -0.309 e. The lowest BCUT2D eigenvalue weighted by Crippen LogP contribution is -2.25. The van der Waals surface area contributed by atoms with Crippen molar-refractivity contribution in [3.63, 3.8) is 0 Å². The van der Waals surface area contributed by atoms with Gasteiger partial charge in [-0.3, -0.25) is 0 Å². The highest BCUT2D eigenvalue weighted by atomic mass is 35.5. The molecule has 4 heteroatoms. The molecule has 3 aromatic rings. The standard InChI is InChI=1S/C22H20ClNS.ClH/c23-18-10-11-21-17(14-18)15-20(19-8-4-5-9-22(19)25-21)24-13-12-16-6-2-1-3-7-16;/h1-11,14,20,24H,12-13,15H2;1H. The second kappa shape index (κ2) is 8.96. The summed E-state index contributed by atoms with van der Waals surface area (Å²) in [4.78, 5) is 2.64. The molecule has 26 heavy (non-hydrogen) atoms. The first-order valence-corrected chi connectivity index (χ1v) is 9.81. The Morgan fingerprint density at radius 2 is 1.69 bits per heavy atom. The third kappa shape index (κ3) is 4.44. The van der Waals surface area contributed by atoms with Crippen molar-refractivity contribution in [2.24, 2.45) is 0 Å². The number of rotatable bonds is 4. The van der Waals surface area contributed by atoms with Gasteiger partial charge in [0.25, 0.3) is 0 Å². The highest BCUT2D eigenvalue weighted by molar-refractivity contribution is 7.99. The fourth-order valence-electron chi connectivity index (χ4n) is 3.33. The SMILES string of the molecule is Cl.Clc1ccc2c(c1)CC(NCCc1ccccc1)c1ccccc1S2. The van der Waals surface area contributed by atoms with Gasteiger partial charge in [0.05, 0.1) is 0 Å². The molecular weight excluding hydrogens is 381 g/mol. The van der Waals surface area contributed by atoms with E-state index in [1.165, 1.54) is 26.5 Å². The zero-order valence-electron chi connectivity index (χ0n) is 14.3. The van der Waals surface area contributed by atoms with Gasteiger partial charge in [0.1, 0.15) is 0 Å². The average Bonchev–Trinajstić information content (AvgIpc) is 2.79. The maximum absolute atomic E-state index is 6.24. The molecule has 0 aliphatic carbocycles. The van der Waals surface area contributed by atoms with Crippen molar-refractivity contribution in [1.29, 1.82) is 0 Å². The molecule has 1 aliphatic heterocycles. The molecule has 1 N–H and O–H groups in total. The van der Waals surface area contributed by atoms with Crippen LogP contribution in [0.2, 0.25) is 5.02 Å². The predicted molar refractivity (Wildman–Crippen MR) is 114 cm³/mol. The van der Waals surface area contributed by atoms with Gasteiger partial charge in [-0.1, -0.05) is 71.9 Å². The predicted octanol–water partition coefficient (Wildman–Crippen LogP) is 6.34. The van der Waals surface area contributed by atoms with Crippen LogP contribution in [0.4, 0.5) is 0 Å². The molecule has 3 aromatic carbocycles. The summed E-state index contributed by atoms with van der Waals surface area (Å²) in [5.74, 6) is 0. The first kappa shape index (κ1) is 19.3. The minimum atomic E-state index is 0. The fraction of sp³-hybridized carbons (Fsp3) is 0.182. The summed E-state index contributed by atoms with van der Waals surface area (Å²) in [6.45, 7) is 0.962. The normalized spacial score (nSPS) is 15.3. The Morgan fingerprint density at radius 1 is 0.923 bits per heavy atom. The molecule has 1 nitrogen and oxygen atoms in total. The van der Waals surface area contributed by atoms with Crippen molar-refractivity contribution < 1.29 is 0 Å². The molecule has 1 atom stereocenters. The maximum Gasteiger partial charge on any atom is 0.0409 e. The average molecular weight is 402 g/mol. The molecule has 1 aliphatic rings. The summed E-state index contributed by atoms with van der Waals surface area (Å²) in [7, 11) is 0. The summed E-state index contributed by atoms with van der Waals surface area (Å²) >= 11 is 8.09. The van der Waals surface area contributed by atoms with Crippen LogP contribution in [0.25, 0.3) is 0 Å². The van der Waals surface area contributed by atoms with Gasteiger partial charge in [-0.25, -0.2) is 0 Å². The van der Waals surface area contributed by atoms with E-state index < -0.39 is 0 Å². The van der Waals surface area contributed by atoms with Crippen molar-refractivity contribution in [1.82, 2.24) is 5.32 Å². The van der Waals surface area contributed by atoms with Crippen molar-refractivity contribution in [3.05, 3.63) is 94.5 Å². The van der Waals surface area contributed by atoms with Gasteiger partial charge in [-0.05, 0) is 60.3 Å². The van der Waals surface area contributed by atoms with E-state index in [2.05, 4.69) is 72.0 Å². The van der Waals surface area contributed by atoms with Gasteiger partial charge in [-0.15, -0.1) is 12.4 Å². The minimum absolute atomic E-state index is 0. The van der Waals surface area contributed by atoms with E-state index in [9.17, 15) is 0 Å². The highest BCUT2D eigenvalue weighted by Crippen LogP contribution is 2.41. The number of benzene rings is 3. The summed E-state index contributed by atoms with van der Waals surface area (Å²) in [6, 6.07) is 25.9. The molecule has 0 saturated carbocycles. The summed E-state index contributed by atoms with van der Waals surface area (Å²) in [5.41, 5.74) is 4.08. The first-order chi connectivity index (χ1) is 12.3. The Balaban J connectivity index is 0.00000196. The fourth-order valence-corrected chi connectivity index (χ4v) is 4.65. The van der Waals surface area contributed by atoms with E-state index in [1.54, 1.807) is 0 Å². The molecule has 1 heterocycles. The van der Waals surface area contributed by atoms with E-state index in [1.807, 2.05) is 17.8 Å². The third-order valence-corrected chi connectivity index (χ3v) is 6.05. The number of hydrogen-bond donors (Lipinski definition) is 1. The van der Waals surface area contributed by atoms with Crippen LogP contribution in [-0.4, -0.2) is 6.54 Å². The Hall–Kier alpha value is -1.45. The van der Waals surface area contributed by atoms with Crippen molar-refractivity contribution >= 4 is 35.8 Å². The van der Waals surface area contributed by atoms with Crippen LogP contribution in [0.1, 0.15) is 22.7 Å². The largest absolute Gasteiger partial charge is 0.309 e. The molecule has 0 aromatic heterocycles. The molecule has 0 spiro atoms. The van der Waals surface area contributed by atoms with Gasteiger partial charge < -0.3 is 5.32 Å². The number of hydrogen-bond acceptors (Lipinski definition) is 2. The van der Waals surface area contributed by atoms with Crippen molar-refractivity contribution in [2.45, 2.75) is 28.7 Å². The van der Waals surface area contributed by atoms with Gasteiger partial charge >= 0.3 is 0 Å². The van der Waals surface area contributed by atoms with Crippen molar-refractivity contribution in [2.75, 3.05) is 6.54 Å². The Labute approximate surface area is 170 Å². The highest BCUT2D eigenvalue weighted by Gasteiger charge is 2.22. The lowest BCUT2D eigenvalue weighted by atomic mass is 9.98. The summed E-state index contributed by atoms with van der Waals surface area (Å²) in [5, 5.41) is 4.58. The quantitative estimate of drug-likeness (QED) is 0.546. The van der Waals surface area contributed by atoms with E-state index in [4.69, 9.17) is 11.6 Å². The first-order valence-electron chi connectivity index (χ1n) is 8.62. The monoisotopic (exact) mass is 401 g/mol. The molecule has 0 saturated heterocycles. The zero-order valence-corrected chi connectivity index (χ0v) is 16.7. The van der Waals surface area contributed by atoms with Crippen molar-refractivity contribution in [3.8, 4) is 0 Å². The van der Waals surface area contributed by atoms with Crippen LogP contribution in [0.15, 0.2) is 82.6 Å². The van der Waals surface area contributed by atoms with Crippen LogP contribution < -0.4 is 5.32 Å². The van der Waals surface area contributed by atoms with E-state index in [-0.39, 0.29) is 12.4 Å². The molecule has 4 rings (SSSR count). The number of fused-ring (bicyclic) bond motifs is 2.